The van der Waals surface area contributed by atoms with E-state index in [1.807, 2.05) is 73.8 Å². The molecule has 0 aliphatic carbocycles. The van der Waals surface area contributed by atoms with Gasteiger partial charge in [-0.3, -0.25) is 4.79 Å². The van der Waals surface area contributed by atoms with Gasteiger partial charge in [-0.1, -0.05) is 60.1 Å². The topological polar surface area (TPSA) is 83.6 Å². The Kier molecular flexibility index (Phi) is 7.72. The number of hydrogen-bond donors (Lipinski definition) is 3. The lowest BCUT2D eigenvalue weighted by molar-refractivity contribution is -0.139. The van der Waals surface area contributed by atoms with Crippen LogP contribution in [0.15, 0.2) is 72.9 Å². The van der Waals surface area contributed by atoms with E-state index in [2.05, 4.69) is 10.3 Å². The average molecular weight is 479 g/mol. The fourth-order valence-electron chi connectivity index (χ4n) is 3.86. The molecule has 0 aliphatic heterocycles. The van der Waals surface area contributed by atoms with Gasteiger partial charge in [-0.15, -0.1) is 0 Å². The summed E-state index contributed by atoms with van der Waals surface area (Å²) in [5, 5.41) is 14.4. The van der Waals surface area contributed by atoms with Gasteiger partial charge in [0.05, 0.1) is 11.6 Å². The quantitative estimate of drug-likeness (QED) is 0.262. The molecule has 1 aromatic heterocycles. The molecule has 4 rings (SSSR count). The number of para-hydroxylation sites is 1. The first-order valence-electron chi connectivity index (χ1n) is 11.2. The van der Waals surface area contributed by atoms with E-state index in [4.69, 9.17) is 21.1 Å². The second kappa shape index (κ2) is 11.1. The number of carboxylic acids is 1. The summed E-state index contributed by atoms with van der Waals surface area (Å²) in [6, 6.07) is 20.5. The van der Waals surface area contributed by atoms with Crippen molar-refractivity contribution in [2.45, 2.75) is 32.5 Å². The number of carboxylic acid groups (broad SMARTS) is 1. The summed E-state index contributed by atoms with van der Waals surface area (Å²) in [5.74, 6) is 0.0974. The molecule has 34 heavy (non-hydrogen) atoms. The van der Waals surface area contributed by atoms with Gasteiger partial charge < -0.3 is 24.9 Å². The first kappa shape index (κ1) is 23.7. The van der Waals surface area contributed by atoms with Crippen LogP contribution < -0.4 is 14.8 Å². The monoisotopic (exact) mass is 478 g/mol. The van der Waals surface area contributed by atoms with Crippen LogP contribution in [0.5, 0.6) is 11.5 Å². The van der Waals surface area contributed by atoms with E-state index in [-0.39, 0.29) is 0 Å². The molecule has 0 aliphatic rings. The third-order valence-electron chi connectivity index (χ3n) is 5.54. The summed E-state index contributed by atoms with van der Waals surface area (Å²) >= 11 is 6.54. The van der Waals surface area contributed by atoms with Gasteiger partial charge in [0.2, 0.25) is 0 Å². The molecule has 0 fully saturated rings. The molecule has 1 atom stereocenters. The van der Waals surface area contributed by atoms with Crippen LogP contribution in [0.4, 0.5) is 0 Å². The number of benzene rings is 3. The number of aromatic nitrogens is 1. The largest absolute Gasteiger partial charge is 0.490 e. The van der Waals surface area contributed by atoms with Crippen molar-refractivity contribution >= 4 is 28.5 Å². The number of rotatable bonds is 11. The van der Waals surface area contributed by atoms with Gasteiger partial charge in [0.15, 0.2) is 11.5 Å². The lowest BCUT2D eigenvalue weighted by Gasteiger charge is -2.17. The predicted molar refractivity (Wildman–Crippen MR) is 134 cm³/mol. The summed E-state index contributed by atoms with van der Waals surface area (Å²) in [6.07, 6.45) is 2.22. The molecule has 0 spiro atoms. The number of hydrogen-bond acceptors (Lipinski definition) is 4. The third-order valence-corrected chi connectivity index (χ3v) is 5.83. The maximum Gasteiger partial charge on any atom is 0.321 e. The first-order chi connectivity index (χ1) is 16.5. The van der Waals surface area contributed by atoms with Gasteiger partial charge in [0.1, 0.15) is 12.6 Å². The Morgan fingerprint density at radius 3 is 2.59 bits per heavy atom. The van der Waals surface area contributed by atoms with Crippen LogP contribution in [0, 0.1) is 0 Å². The molecule has 0 amide bonds. The smallest absolute Gasteiger partial charge is 0.321 e. The fourth-order valence-corrected chi connectivity index (χ4v) is 4.15. The zero-order valence-electron chi connectivity index (χ0n) is 18.9. The molecule has 7 heteroatoms. The van der Waals surface area contributed by atoms with Crippen molar-refractivity contribution in [1.29, 1.82) is 0 Å². The van der Waals surface area contributed by atoms with Gasteiger partial charge in [-0.2, -0.15) is 0 Å². The second-order valence-electron chi connectivity index (χ2n) is 7.95. The third kappa shape index (κ3) is 5.71. The van der Waals surface area contributed by atoms with Crippen LogP contribution in [0.2, 0.25) is 5.02 Å². The highest BCUT2D eigenvalue weighted by molar-refractivity contribution is 6.32. The number of fused-ring (bicyclic) bond motifs is 1. The molecular formula is C27H27ClN2O4. The van der Waals surface area contributed by atoms with Gasteiger partial charge in [-0.05, 0) is 41.8 Å². The number of carbonyl (C=O) groups is 1. The van der Waals surface area contributed by atoms with Crippen molar-refractivity contribution in [2.24, 2.45) is 0 Å². The molecular weight excluding hydrogens is 452 g/mol. The van der Waals surface area contributed by atoms with Crippen molar-refractivity contribution in [3.63, 3.8) is 0 Å². The van der Waals surface area contributed by atoms with E-state index < -0.39 is 12.0 Å². The normalized spacial score (nSPS) is 11.9. The molecule has 3 N–H and O–H groups in total. The summed E-state index contributed by atoms with van der Waals surface area (Å²) in [4.78, 5) is 15.1. The second-order valence-corrected chi connectivity index (χ2v) is 8.35. The van der Waals surface area contributed by atoms with E-state index in [9.17, 15) is 9.90 Å². The molecule has 0 saturated carbocycles. The molecule has 176 valence electrons. The Morgan fingerprint density at radius 2 is 1.82 bits per heavy atom. The lowest BCUT2D eigenvalue weighted by Crippen LogP contribution is -2.38. The molecule has 0 radical (unpaired) electrons. The minimum Gasteiger partial charge on any atom is -0.490 e. The first-order valence-corrected chi connectivity index (χ1v) is 11.6. The van der Waals surface area contributed by atoms with Crippen molar-refractivity contribution in [2.75, 3.05) is 6.61 Å². The maximum absolute atomic E-state index is 11.9. The molecule has 6 nitrogen and oxygen atoms in total. The van der Waals surface area contributed by atoms with Gasteiger partial charge in [0, 0.05) is 30.1 Å². The molecule has 0 bridgehead atoms. The standard InChI is InChI=1S/C27H27ClN2O4/c1-2-33-25-13-19(12-22(28)26(25)34-17-18-8-4-3-5-9-18)15-29-24(27(31)32)14-20-16-30-23-11-7-6-10-21(20)23/h3-13,16,24,29-30H,2,14-15,17H2,1H3,(H,31,32)/t24-/m0/s1. The van der Waals surface area contributed by atoms with Crippen LogP contribution in [0.1, 0.15) is 23.6 Å². The van der Waals surface area contributed by atoms with Gasteiger partial charge in [0.25, 0.3) is 0 Å². The van der Waals surface area contributed by atoms with Crippen molar-refractivity contribution in [3.05, 3.63) is 94.6 Å². The Hall–Kier alpha value is -3.48. The number of ether oxygens (including phenoxy) is 2. The highest BCUT2D eigenvalue weighted by atomic mass is 35.5. The highest BCUT2D eigenvalue weighted by Crippen LogP contribution is 2.37. The number of nitrogens with one attached hydrogen (secondary N) is 2. The molecule has 1 heterocycles. The van der Waals surface area contributed by atoms with Crippen molar-refractivity contribution < 1.29 is 19.4 Å². The summed E-state index contributed by atoms with van der Waals surface area (Å²) in [5.41, 5.74) is 3.77. The van der Waals surface area contributed by atoms with Crippen LogP contribution in [-0.2, 0) is 24.4 Å². The number of aliphatic carboxylic acids is 1. The summed E-state index contributed by atoms with van der Waals surface area (Å²) in [6.45, 7) is 3.02. The van der Waals surface area contributed by atoms with Crippen LogP contribution in [0.25, 0.3) is 10.9 Å². The average Bonchev–Trinajstić information content (AvgIpc) is 3.24. The molecule has 0 unspecified atom stereocenters. The van der Waals surface area contributed by atoms with Crippen LogP contribution >= 0.6 is 11.6 Å². The minimum absolute atomic E-state index is 0.318. The Morgan fingerprint density at radius 1 is 1.06 bits per heavy atom. The van der Waals surface area contributed by atoms with E-state index in [0.29, 0.717) is 42.7 Å². The van der Waals surface area contributed by atoms with E-state index in [1.54, 1.807) is 6.07 Å². The molecule has 4 aromatic rings. The lowest BCUT2D eigenvalue weighted by atomic mass is 10.0. The van der Waals surface area contributed by atoms with Gasteiger partial charge in [-0.25, -0.2) is 0 Å². The summed E-state index contributed by atoms with van der Waals surface area (Å²) in [7, 11) is 0. The minimum atomic E-state index is -0.913. The van der Waals surface area contributed by atoms with E-state index in [0.717, 1.165) is 27.6 Å². The summed E-state index contributed by atoms with van der Waals surface area (Å²) < 4.78 is 11.7. The number of aromatic amines is 1. The zero-order valence-corrected chi connectivity index (χ0v) is 19.6. The molecule has 3 aromatic carbocycles. The van der Waals surface area contributed by atoms with Crippen LogP contribution in [0.3, 0.4) is 0 Å². The van der Waals surface area contributed by atoms with E-state index in [1.165, 1.54) is 0 Å². The fraction of sp³-hybridized carbons (Fsp3) is 0.222. The van der Waals surface area contributed by atoms with Gasteiger partial charge >= 0.3 is 5.97 Å². The predicted octanol–water partition coefficient (Wildman–Crippen LogP) is 5.58. The Balaban J connectivity index is 1.47. The van der Waals surface area contributed by atoms with Crippen molar-refractivity contribution in [1.82, 2.24) is 10.3 Å². The number of H-pyrrole nitrogens is 1. The highest BCUT2D eigenvalue weighted by Gasteiger charge is 2.20. The number of halogens is 1. The molecule has 0 saturated heterocycles. The SMILES string of the molecule is CCOc1cc(CN[C@@H](Cc2c[nH]c3ccccc23)C(=O)O)cc(Cl)c1OCc1ccccc1. The zero-order chi connectivity index (χ0) is 23.9. The Bertz CT molecular complexity index is 1260. The Labute approximate surface area is 203 Å². The van der Waals surface area contributed by atoms with E-state index >= 15 is 0 Å². The van der Waals surface area contributed by atoms with Crippen LogP contribution in [-0.4, -0.2) is 28.7 Å². The maximum atomic E-state index is 11.9. The van der Waals surface area contributed by atoms with Crippen molar-refractivity contribution in [3.8, 4) is 11.5 Å².